The van der Waals surface area contributed by atoms with Crippen LogP contribution in [0.15, 0.2) is 48.5 Å². The lowest BCUT2D eigenvalue weighted by Crippen LogP contribution is -2.50. The molecule has 174 valence electrons. The highest BCUT2D eigenvalue weighted by Crippen LogP contribution is 2.60. The summed E-state index contributed by atoms with van der Waals surface area (Å²) in [4.78, 5) is 14.7. The third kappa shape index (κ3) is 5.14. The van der Waals surface area contributed by atoms with E-state index in [0.717, 1.165) is 29.9 Å². The van der Waals surface area contributed by atoms with Gasteiger partial charge in [0.1, 0.15) is 5.82 Å². The van der Waals surface area contributed by atoms with Gasteiger partial charge < -0.3 is 16.0 Å². The summed E-state index contributed by atoms with van der Waals surface area (Å²) in [6, 6.07) is 12.3. The van der Waals surface area contributed by atoms with Crippen LogP contribution in [0.3, 0.4) is 0 Å². The van der Waals surface area contributed by atoms with E-state index < -0.39 is 5.82 Å². The second-order valence-electron chi connectivity index (χ2n) is 10.9. The number of hydrogen-bond donors (Lipinski definition) is 2. The molecule has 4 aliphatic carbocycles. The van der Waals surface area contributed by atoms with Crippen molar-refractivity contribution in [2.45, 2.75) is 45.1 Å². The number of nitrogens with zero attached hydrogens (tertiary/aromatic N) is 1. The fraction of sp³-hybridized carbons (Fsp3) is 0.464. The monoisotopic (exact) mass is 447 g/mol. The molecule has 5 heteroatoms. The summed E-state index contributed by atoms with van der Waals surface area (Å²) in [7, 11) is 2.26. The van der Waals surface area contributed by atoms with Crippen molar-refractivity contribution in [3.05, 3.63) is 65.5 Å². The molecule has 0 saturated heterocycles. The van der Waals surface area contributed by atoms with Crippen LogP contribution < -0.4 is 11.1 Å². The summed E-state index contributed by atoms with van der Waals surface area (Å²) >= 11 is 0. The van der Waals surface area contributed by atoms with E-state index in [1.54, 1.807) is 6.08 Å². The predicted molar refractivity (Wildman–Crippen MR) is 132 cm³/mol. The second kappa shape index (κ2) is 8.94. The SMILES string of the molecule is CN(Cc1ccc(/C=C/C(=O)Nc2cc(F)ccc2N)cc1)CC12CC3CC(CC(C3)C1)C2. The number of halogens is 1. The number of carbonyl (C=O) groups is 1. The van der Waals surface area contributed by atoms with E-state index in [2.05, 4.69) is 29.4 Å². The van der Waals surface area contributed by atoms with Gasteiger partial charge in [-0.3, -0.25) is 4.79 Å². The molecule has 0 spiro atoms. The highest BCUT2D eigenvalue weighted by molar-refractivity contribution is 6.03. The lowest BCUT2D eigenvalue weighted by molar-refractivity contribution is -0.111. The first kappa shape index (κ1) is 22.1. The summed E-state index contributed by atoms with van der Waals surface area (Å²) < 4.78 is 13.4. The summed E-state index contributed by atoms with van der Waals surface area (Å²) in [6.07, 6.45) is 12.0. The van der Waals surface area contributed by atoms with Gasteiger partial charge in [0.05, 0.1) is 11.4 Å². The fourth-order valence-electron chi connectivity index (χ4n) is 7.14. The summed E-state index contributed by atoms with van der Waals surface area (Å²) in [5.41, 5.74) is 9.20. The van der Waals surface area contributed by atoms with E-state index >= 15 is 0 Å². The maximum absolute atomic E-state index is 13.4. The first-order valence-corrected chi connectivity index (χ1v) is 12.2. The smallest absolute Gasteiger partial charge is 0.248 e. The highest BCUT2D eigenvalue weighted by atomic mass is 19.1. The molecule has 4 bridgehead atoms. The molecular formula is C28H34FN3O. The summed E-state index contributed by atoms with van der Waals surface area (Å²) in [5, 5.41) is 2.62. The lowest BCUT2D eigenvalue weighted by atomic mass is 9.49. The molecule has 0 atom stereocenters. The number of anilines is 2. The van der Waals surface area contributed by atoms with E-state index in [-0.39, 0.29) is 11.6 Å². The average Bonchev–Trinajstić information content (AvgIpc) is 2.74. The highest BCUT2D eigenvalue weighted by Gasteiger charge is 2.50. The molecule has 2 aromatic carbocycles. The van der Waals surface area contributed by atoms with Crippen molar-refractivity contribution in [3.8, 4) is 0 Å². The number of amides is 1. The predicted octanol–water partition coefficient (Wildman–Crippen LogP) is 5.71. The van der Waals surface area contributed by atoms with Crippen molar-refractivity contribution in [1.29, 1.82) is 0 Å². The molecular weight excluding hydrogens is 413 g/mol. The van der Waals surface area contributed by atoms with Crippen LogP contribution >= 0.6 is 0 Å². The van der Waals surface area contributed by atoms with Crippen LogP contribution in [0.5, 0.6) is 0 Å². The Hall–Kier alpha value is -2.66. The Morgan fingerprint density at radius 1 is 1.09 bits per heavy atom. The van der Waals surface area contributed by atoms with E-state index in [9.17, 15) is 9.18 Å². The molecule has 3 N–H and O–H groups in total. The third-order valence-corrected chi connectivity index (χ3v) is 7.90. The molecule has 1 amide bonds. The largest absolute Gasteiger partial charge is 0.397 e. The van der Waals surface area contributed by atoms with Gasteiger partial charge in [0.25, 0.3) is 0 Å². The van der Waals surface area contributed by atoms with Crippen molar-refractivity contribution in [3.63, 3.8) is 0 Å². The number of carbonyl (C=O) groups excluding carboxylic acids is 1. The van der Waals surface area contributed by atoms with Crippen LogP contribution in [-0.2, 0) is 11.3 Å². The molecule has 4 saturated carbocycles. The zero-order valence-electron chi connectivity index (χ0n) is 19.4. The van der Waals surface area contributed by atoms with Crippen LogP contribution in [0.1, 0.15) is 49.7 Å². The quantitative estimate of drug-likeness (QED) is 0.422. The first-order valence-electron chi connectivity index (χ1n) is 12.2. The topological polar surface area (TPSA) is 58.4 Å². The van der Waals surface area contributed by atoms with Crippen LogP contribution in [0, 0.1) is 29.0 Å². The zero-order valence-corrected chi connectivity index (χ0v) is 19.4. The molecule has 0 unspecified atom stereocenters. The van der Waals surface area contributed by atoms with Gasteiger partial charge in [0.2, 0.25) is 5.91 Å². The van der Waals surface area contributed by atoms with Gasteiger partial charge in [-0.2, -0.15) is 0 Å². The maximum Gasteiger partial charge on any atom is 0.248 e. The molecule has 33 heavy (non-hydrogen) atoms. The minimum atomic E-state index is -0.438. The third-order valence-electron chi connectivity index (χ3n) is 7.90. The zero-order chi connectivity index (χ0) is 23.0. The molecule has 0 heterocycles. The Kier molecular flexibility index (Phi) is 6.00. The fourth-order valence-corrected chi connectivity index (χ4v) is 7.14. The van der Waals surface area contributed by atoms with Crippen LogP contribution in [0.2, 0.25) is 0 Å². The number of nitrogen functional groups attached to an aromatic ring is 1. The molecule has 4 aliphatic rings. The summed E-state index contributed by atoms with van der Waals surface area (Å²) in [6.45, 7) is 2.16. The number of hydrogen-bond acceptors (Lipinski definition) is 3. The number of nitrogens with two attached hydrogens (primary N) is 1. The number of nitrogens with one attached hydrogen (secondary N) is 1. The van der Waals surface area contributed by atoms with E-state index in [1.807, 2.05) is 12.1 Å². The van der Waals surface area contributed by atoms with E-state index in [4.69, 9.17) is 5.73 Å². The van der Waals surface area contributed by atoms with E-state index in [0.29, 0.717) is 11.1 Å². The van der Waals surface area contributed by atoms with Crippen molar-refractivity contribution >= 4 is 23.4 Å². The van der Waals surface area contributed by atoms with E-state index in [1.165, 1.54) is 74.9 Å². The van der Waals surface area contributed by atoms with Crippen LogP contribution in [0.25, 0.3) is 6.08 Å². The number of benzene rings is 2. The lowest BCUT2D eigenvalue weighted by Gasteiger charge is -2.57. The van der Waals surface area contributed by atoms with Crippen LogP contribution in [0.4, 0.5) is 15.8 Å². The minimum absolute atomic E-state index is 0.280. The Balaban J connectivity index is 1.14. The van der Waals surface area contributed by atoms with Gasteiger partial charge in [-0.25, -0.2) is 4.39 Å². The minimum Gasteiger partial charge on any atom is -0.397 e. The first-order chi connectivity index (χ1) is 15.9. The second-order valence-corrected chi connectivity index (χ2v) is 10.9. The van der Waals surface area contributed by atoms with Crippen molar-refractivity contribution in [1.82, 2.24) is 4.90 Å². The van der Waals surface area contributed by atoms with Crippen molar-refractivity contribution in [2.24, 2.45) is 23.2 Å². The van der Waals surface area contributed by atoms with Gasteiger partial charge in [-0.15, -0.1) is 0 Å². The normalized spacial score (nSPS) is 28.0. The number of rotatable bonds is 7. The Morgan fingerprint density at radius 3 is 2.36 bits per heavy atom. The molecule has 2 aromatic rings. The average molecular weight is 448 g/mol. The standard InChI is InChI=1S/C28H34FN3O/c1-32(18-28-14-21-10-22(15-28)12-23(11-21)16-28)17-20-4-2-19(3-5-20)6-9-27(33)31-26-13-24(29)7-8-25(26)30/h2-9,13,21-23H,10-12,14-18,30H2,1H3,(H,31,33)/b9-6+. The summed E-state index contributed by atoms with van der Waals surface area (Å²) in [5.74, 6) is 2.19. The molecule has 4 nitrogen and oxygen atoms in total. The van der Waals surface area contributed by atoms with Crippen LogP contribution in [-0.4, -0.2) is 24.4 Å². The van der Waals surface area contributed by atoms with Gasteiger partial charge in [-0.05, 0) is 104 Å². The van der Waals surface area contributed by atoms with Gasteiger partial charge in [0.15, 0.2) is 0 Å². The van der Waals surface area contributed by atoms with Crippen molar-refractivity contribution < 1.29 is 9.18 Å². The van der Waals surface area contributed by atoms with Gasteiger partial charge in [0, 0.05) is 19.2 Å². The molecule has 0 aromatic heterocycles. The molecule has 0 aliphatic heterocycles. The Bertz CT molecular complexity index is 1010. The molecule has 4 fully saturated rings. The van der Waals surface area contributed by atoms with Gasteiger partial charge >= 0.3 is 0 Å². The van der Waals surface area contributed by atoms with Crippen molar-refractivity contribution in [2.75, 3.05) is 24.6 Å². The van der Waals surface area contributed by atoms with Gasteiger partial charge in [-0.1, -0.05) is 24.3 Å². The molecule has 0 radical (unpaired) electrons. The molecule has 6 rings (SSSR count). The Morgan fingerprint density at radius 2 is 1.73 bits per heavy atom. The maximum atomic E-state index is 13.4. The Labute approximate surface area is 196 Å².